The van der Waals surface area contributed by atoms with Gasteiger partial charge in [0.2, 0.25) is 0 Å². The summed E-state index contributed by atoms with van der Waals surface area (Å²) < 4.78 is 0. The van der Waals surface area contributed by atoms with Crippen molar-refractivity contribution in [1.29, 1.82) is 0 Å². The van der Waals surface area contributed by atoms with Gasteiger partial charge in [-0.3, -0.25) is 0 Å². The molecular formula is C19H32N2. The summed E-state index contributed by atoms with van der Waals surface area (Å²) in [5.41, 5.74) is 1.44. The smallest absolute Gasteiger partial charge is 0.127 e. The minimum atomic E-state index is 0.751. The predicted molar refractivity (Wildman–Crippen MR) is 94.0 cm³/mol. The highest BCUT2D eigenvalue weighted by Gasteiger charge is 2.21. The average molecular weight is 288 g/mol. The van der Waals surface area contributed by atoms with Crippen LogP contribution in [0, 0.1) is 5.92 Å². The van der Waals surface area contributed by atoms with Crippen molar-refractivity contribution < 1.29 is 0 Å². The molecule has 0 bridgehead atoms. The van der Waals surface area contributed by atoms with E-state index in [0.717, 1.165) is 17.7 Å². The average Bonchev–Trinajstić information content (AvgIpc) is 2.55. The van der Waals surface area contributed by atoms with Crippen molar-refractivity contribution in [3.05, 3.63) is 36.0 Å². The molecule has 0 amide bonds. The van der Waals surface area contributed by atoms with Crippen molar-refractivity contribution >= 4 is 5.82 Å². The topological polar surface area (TPSA) is 16.1 Å². The second kappa shape index (κ2) is 9.59. The molecule has 2 heteroatoms. The highest BCUT2D eigenvalue weighted by atomic mass is 15.1. The molecule has 2 nitrogen and oxygen atoms in total. The van der Waals surface area contributed by atoms with Crippen LogP contribution in [-0.4, -0.2) is 19.1 Å². The number of aromatic nitrogens is 1. The van der Waals surface area contributed by atoms with E-state index in [2.05, 4.69) is 35.1 Å². The minimum absolute atomic E-state index is 0.751. The van der Waals surface area contributed by atoms with Crippen LogP contribution in [0.4, 0.5) is 5.82 Å². The van der Waals surface area contributed by atoms with Gasteiger partial charge < -0.3 is 4.90 Å². The third-order valence-corrected chi connectivity index (χ3v) is 4.46. The first-order chi connectivity index (χ1) is 10.1. The number of rotatable bonds is 3. The van der Waals surface area contributed by atoms with E-state index in [1.165, 1.54) is 37.7 Å². The molecular weight excluding hydrogens is 256 g/mol. The Morgan fingerprint density at radius 2 is 1.71 bits per heavy atom. The van der Waals surface area contributed by atoms with Crippen molar-refractivity contribution in [2.24, 2.45) is 5.92 Å². The van der Waals surface area contributed by atoms with E-state index in [0.29, 0.717) is 0 Å². The van der Waals surface area contributed by atoms with Crippen LogP contribution in [0.15, 0.2) is 30.5 Å². The number of hydrogen-bond acceptors (Lipinski definition) is 2. The van der Waals surface area contributed by atoms with Crippen LogP contribution in [0.1, 0.15) is 64.4 Å². The molecule has 1 heterocycles. The Bertz CT molecular complexity index is 394. The molecule has 1 saturated carbocycles. The maximum Gasteiger partial charge on any atom is 0.127 e. The van der Waals surface area contributed by atoms with Crippen molar-refractivity contribution in [2.45, 2.75) is 58.8 Å². The van der Waals surface area contributed by atoms with Crippen LogP contribution in [0.3, 0.4) is 0 Å². The van der Waals surface area contributed by atoms with Gasteiger partial charge in [0, 0.05) is 20.3 Å². The fourth-order valence-corrected chi connectivity index (χ4v) is 2.81. The van der Waals surface area contributed by atoms with Crippen LogP contribution in [0.2, 0.25) is 0 Å². The number of nitrogens with zero attached hydrogens (tertiary/aromatic N) is 2. The molecule has 118 valence electrons. The Kier molecular flexibility index (Phi) is 8.11. The summed E-state index contributed by atoms with van der Waals surface area (Å²) in [7, 11) is 4.07. The summed E-state index contributed by atoms with van der Waals surface area (Å²) in [6.45, 7) is 6.32. The van der Waals surface area contributed by atoms with E-state index in [-0.39, 0.29) is 0 Å². The van der Waals surface area contributed by atoms with Gasteiger partial charge in [0.15, 0.2) is 0 Å². The fourth-order valence-electron chi connectivity index (χ4n) is 2.81. The van der Waals surface area contributed by atoms with Gasteiger partial charge in [0.1, 0.15) is 5.82 Å². The van der Waals surface area contributed by atoms with Gasteiger partial charge in [-0.05, 0) is 63.0 Å². The molecule has 1 aromatic rings. The van der Waals surface area contributed by atoms with Crippen LogP contribution >= 0.6 is 0 Å². The highest BCUT2D eigenvalue weighted by molar-refractivity contribution is 5.37. The lowest BCUT2D eigenvalue weighted by atomic mass is 9.78. The van der Waals surface area contributed by atoms with Crippen LogP contribution in [0.25, 0.3) is 0 Å². The lowest BCUT2D eigenvalue weighted by molar-refractivity contribution is 0.318. The zero-order chi connectivity index (χ0) is 15.7. The zero-order valence-electron chi connectivity index (χ0n) is 14.5. The number of anilines is 1. The van der Waals surface area contributed by atoms with E-state index in [9.17, 15) is 0 Å². The first-order valence-corrected chi connectivity index (χ1v) is 8.32. The molecule has 1 aliphatic rings. The Morgan fingerprint density at radius 1 is 1.10 bits per heavy atom. The molecule has 0 unspecified atom stereocenters. The summed E-state index contributed by atoms with van der Waals surface area (Å²) in [4.78, 5) is 6.57. The molecule has 0 aliphatic heterocycles. The van der Waals surface area contributed by atoms with Crippen molar-refractivity contribution in [1.82, 2.24) is 4.98 Å². The van der Waals surface area contributed by atoms with E-state index < -0.39 is 0 Å². The highest BCUT2D eigenvalue weighted by Crippen LogP contribution is 2.36. The molecule has 2 rings (SSSR count). The summed E-state index contributed by atoms with van der Waals surface area (Å²) in [5, 5.41) is 0. The van der Waals surface area contributed by atoms with E-state index in [1.54, 1.807) is 0 Å². The van der Waals surface area contributed by atoms with Gasteiger partial charge in [-0.1, -0.05) is 31.6 Å². The minimum Gasteiger partial charge on any atom is -0.363 e. The SMILES string of the molecule is C/C=C\C.CCC1CCC(c2ccc(N(C)C)nc2)CC1. The molecule has 0 spiro atoms. The quantitative estimate of drug-likeness (QED) is 0.691. The zero-order valence-corrected chi connectivity index (χ0v) is 14.5. The van der Waals surface area contributed by atoms with E-state index in [1.807, 2.05) is 40.1 Å². The third kappa shape index (κ3) is 5.91. The number of pyridine rings is 1. The number of hydrogen-bond donors (Lipinski definition) is 0. The summed E-state index contributed by atoms with van der Waals surface area (Å²) in [5.74, 6) is 2.78. The number of allylic oxidation sites excluding steroid dienone is 2. The van der Waals surface area contributed by atoms with Gasteiger partial charge in [0.05, 0.1) is 0 Å². The third-order valence-electron chi connectivity index (χ3n) is 4.46. The normalized spacial score (nSPS) is 21.8. The van der Waals surface area contributed by atoms with E-state index in [4.69, 9.17) is 0 Å². The summed E-state index contributed by atoms with van der Waals surface area (Å²) in [6, 6.07) is 4.40. The molecule has 1 fully saturated rings. The first kappa shape index (κ1) is 17.7. The standard InChI is InChI=1S/C15H24N2.C4H8/c1-4-12-5-7-13(8-6-12)14-9-10-15(16-11-14)17(2)3;1-3-4-2/h9-13H,4-8H2,1-3H3;3-4H,1-2H3/b;4-3-. The second-order valence-electron chi connectivity index (χ2n) is 6.14. The lowest BCUT2D eigenvalue weighted by Gasteiger charge is -2.28. The van der Waals surface area contributed by atoms with Gasteiger partial charge >= 0.3 is 0 Å². The Morgan fingerprint density at radius 3 is 2.10 bits per heavy atom. The van der Waals surface area contributed by atoms with Gasteiger partial charge in [-0.25, -0.2) is 4.98 Å². The maximum atomic E-state index is 4.52. The molecule has 0 radical (unpaired) electrons. The molecule has 1 aliphatic carbocycles. The monoisotopic (exact) mass is 288 g/mol. The maximum absolute atomic E-state index is 4.52. The fraction of sp³-hybridized carbons (Fsp3) is 0.632. The molecule has 0 aromatic carbocycles. The lowest BCUT2D eigenvalue weighted by Crippen LogP contribution is -2.14. The summed E-state index contributed by atoms with van der Waals surface area (Å²) >= 11 is 0. The van der Waals surface area contributed by atoms with Crippen molar-refractivity contribution in [3.63, 3.8) is 0 Å². The largest absolute Gasteiger partial charge is 0.363 e. The summed E-state index contributed by atoms with van der Waals surface area (Å²) in [6.07, 6.45) is 12.9. The Balaban J connectivity index is 0.000000491. The van der Waals surface area contributed by atoms with Crippen LogP contribution in [0.5, 0.6) is 0 Å². The van der Waals surface area contributed by atoms with Crippen LogP contribution < -0.4 is 4.90 Å². The van der Waals surface area contributed by atoms with Gasteiger partial charge in [0.25, 0.3) is 0 Å². The molecule has 0 saturated heterocycles. The Labute approximate surface area is 131 Å². The van der Waals surface area contributed by atoms with Crippen LogP contribution in [-0.2, 0) is 0 Å². The van der Waals surface area contributed by atoms with Gasteiger partial charge in [-0.2, -0.15) is 0 Å². The first-order valence-electron chi connectivity index (χ1n) is 8.32. The Hall–Kier alpha value is -1.31. The van der Waals surface area contributed by atoms with Crippen molar-refractivity contribution in [2.75, 3.05) is 19.0 Å². The van der Waals surface area contributed by atoms with Gasteiger partial charge in [-0.15, -0.1) is 0 Å². The second-order valence-corrected chi connectivity index (χ2v) is 6.14. The van der Waals surface area contributed by atoms with Crippen molar-refractivity contribution in [3.8, 4) is 0 Å². The molecule has 0 atom stereocenters. The van der Waals surface area contributed by atoms with E-state index >= 15 is 0 Å². The molecule has 0 N–H and O–H groups in total. The molecule has 1 aromatic heterocycles. The molecule has 21 heavy (non-hydrogen) atoms. The predicted octanol–water partition coefficient (Wildman–Crippen LogP) is 5.41.